The van der Waals surface area contributed by atoms with Crippen molar-refractivity contribution in [3.63, 3.8) is 0 Å². The Morgan fingerprint density at radius 3 is 2.56 bits per heavy atom. The van der Waals surface area contributed by atoms with Crippen LogP contribution in [-0.4, -0.2) is 53.4 Å². The van der Waals surface area contributed by atoms with Crippen LogP contribution < -0.4 is 4.74 Å². The van der Waals surface area contributed by atoms with E-state index in [0.717, 1.165) is 4.90 Å². The molecule has 0 radical (unpaired) electrons. The lowest BCUT2D eigenvalue weighted by Gasteiger charge is -2.40. The molecule has 2 aliphatic heterocycles. The van der Waals surface area contributed by atoms with Crippen LogP contribution in [-0.2, 0) is 4.79 Å². The number of nitrogens with zero attached hydrogens (tertiary/aromatic N) is 2. The van der Waals surface area contributed by atoms with Gasteiger partial charge in [-0.15, -0.1) is 0 Å². The molecule has 8 heteroatoms. The van der Waals surface area contributed by atoms with Crippen LogP contribution in [0.3, 0.4) is 0 Å². The summed E-state index contributed by atoms with van der Waals surface area (Å²) in [7, 11) is 0. The van der Waals surface area contributed by atoms with Crippen molar-refractivity contribution in [2.45, 2.75) is 31.7 Å². The molecule has 2 saturated heterocycles. The van der Waals surface area contributed by atoms with Crippen molar-refractivity contribution in [1.82, 2.24) is 9.80 Å². The lowest BCUT2D eigenvalue weighted by atomic mass is 10.0. The van der Waals surface area contributed by atoms with Crippen molar-refractivity contribution in [2.24, 2.45) is 5.92 Å². The SMILES string of the molecule is C[C@H]1CC(=O)N(C2CN(C(=O)Oc3ccc(Cl)cc3)CC(F)(F)C2)C1. The molecule has 136 valence electrons. The van der Waals surface area contributed by atoms with Gasteiger partial charge < -0.3 is 9.64 Å². The minimum atomic E-state index is -3.06. The molecule has 0 bridgehead atoms. The van der Waals surface area contributed by atoms with Crippen LogP contribution in [0.4, 0.5) is 13.6 Å². The first-order valence-corrected chi connectivity index (χ1v) is 8.51. The third-order valence-corrected chi connectivity index (χ3v) is 4.71. The maximum absolute atomic E-state index is 14.1. The van der Waals surface area contributed by atoms with Gasteiger partial charge in [-0.1, -0.05) is 18.5 Å². The number of benzene rings is 1. The Kier molecular flexibility index (Phi) is 4.86. The summed E-state index contributed by atoms with van der Waals surface area (Å²) in [4.78, 5) is 26.8. The monoisotopic (exact) mass is 372 g/mol. The van der Waals surface area contributed by atoms with Crippen molar-refractivity contribution < 1.29 is 23.1 Å². The number of likely N-dealkylation sites (tertiary alicyclic amines) is 2. The number of halogens is 3. The number of rotatable bonds is 2. The van der Waals surface area contributed by atoms with E-state index in [0.29, 0.717) is 18.0 Å². The Bertz CT molecular complexity index is 668. The Hall–Kier alpha value is -1.89. The molecule has 2 heterocycles. The average molecular weight is 373 g/mol. The number of ether oxygens (including phenoxy) is 1. The molecule has 0 spiro atoms. The predicted octanol–water partition coefficient (Wildman–Crippen LogP) is 3.42. The van der Waals surface area contributed by atoms with Gasteiger partial charge in [0.05, 0.1) is 12.6 Å². The molecule has 25 heavy (non-hydrogen) atoms. The Labute approximate surface area is 149 Å². The van der Waals surface area contributed by atoms with Gasteiger partial charge in [-0.2, -0.15) is 0 Å². The van der Waals surface area contributed by atoms with Gasteiger partial charge in [0, 0.05) is 31.0 Å². The highest BCUT2D eigenvalue weighted by Gasteiger charge is 2.46. The highest BCUT2D eigenvalue weighted by atomic mass is 35.5. The minimum absolute atomic E-state index is 0.0421. The van der Waals surface area contributed by atoms with Crippen LogP contribution in [0.5, 0.6) is 5.75 Å². The zero-order valence-electron chi connectivity index (χ0n) is 13.8. The summed E-state index contributed by atoms with van der Waals surface area (Å²) < 4.78 is 33.4. The summed E-state index contributed by atoms with van der Waals surface area (Å²) in [6, 6.07) is 5.38. The zero-order valence-corrected chi connectivity index (χ0v) is 14.5. The molecule has 3 rings (SSSR count). The standard InChI is InChI=1S/C17H19ClF2N2O3/c1-11-6-15(23)22(8-11)13-7-17(19,20)10-21(9-13)16(24)25-14-4-2-12(18)3-5-14/h2-5,11,13H,6-10H2,1H3/t11-,13?/m0/s1. The van der Waals surface area contributed by atoms with Gasteiger partial charge in [0.15, 0.2) is 0 Å². The van der Waals surface area contributed by atoms with E-state index in [1.54, 1.807) is 12.1 Å². The van der Waals surface area contributed by atoms with E-state index in [2.05, 4.69) is 0 Å². The van der Waals surface area contributed by atoms with Gasteiger partial charge in [-0.25, -0.2) is 13.6 Å². The van der Waals surface area contributed by atoms with Crippen molar-refractivity contribution in [3.8, 4) is 5.75 Å². The molecule has 2 fully saturated rings. The fraction of sp³-hybridized carbons (Fsp3) is 0.529. The third kappa shape index (κ3) is 4.21. The van der Waals surface area contributed by atoms with Crippen LogP contribution in [0.1, 0.15) is 19.8 Å². The van der Waals surface area contributed by atoms with E-state index in [4.69, 9.17) is 16.3 Å². The highest BCUT2D eigenvalue weighted by molar-refractivity contribution is 6.30. The number of hydrogen-bond acceptors (Lipinski definition) is 3. The Morgan fingerprint density at radius 2 is 1.96 bits per heavy atom. The lowest BCUT2D eigenvalue weighted by molar-refractivity contribution is -0.135. The number of carbonyl (C=O) groups is 2. The maximum atomic E-state index is 14.1. The lowest BCUT2D eigenvalue weighted by Crippen LogP contribution is -2.57. The van der Waals surface area contributed by atoms with Crippen molar-refractivity contribution >= 4 is 23.6 Å². The van der Waals surface area contributed by atoms with Gasteiger partial charge >= 0.3 is 6.09 Å². The molecular formula is C17H19ClF2N2O3. The summed E-state index contributed by atoms with van der Waals surface area (Å²) in [5, 5.41) is 0.478. The van der Waals surface area contributed by atoms with Crippen molar-refractivity contribution in [2.75, 3.05) is 19.6 Å². The Balaban J connectivity index is 1.71. The molecule has 1 aromatic rings. The second kappa shape index (κ2) is 6.78. The van der Waals surface area contributed by atoms with Crippen LogP contribution in [0.25, 0.3) is 0 Å². The van der Waals surface area contributed by atoms with Crippen LogP contribution >= 0.6 is 11.6 Å². The zero-order chi connectivity index (χ0) is 18.2. The average Bonchev–Trinajstić information content (AvgIpc) is 2.86. The highest BCUT2D eigenvalue weighted by Crippen LogP contribution is 2.32. The molecule has 2 aliphatic rings. The minimum Gasteiger partial charge on any atom is -0.410 e. The van der Waals surface area contributed by atoms with E-state index < -0.39 is 31.0 Å². The van der Waals surface area contributed by atoms with E-state index in [1.165, 1.54) is 17.0 Å². The van der Waals surface area contributed by atoms with Crippen molar-refractivity contribution in [1.29, 1.82) is 0 Å². The molecule has 1 unspecified atom stereocenters. The fourth-order valence-electron chi connectivity index (χ4n) is 3.36. The number of alkyl halides is 2. The summed E-state index contributed by atoms with van der Waals surface area (Å²) in [5.74, 6) is -2.84. The third-order valence-electron chi connectivity index (χ3n) is 4.46. The topological polar surface area (TPSA) is 49.9 Å². The molecule has 2 amide bonds. The van der Waals surface area contributed by atoms with Crippen molar-refractivity contribution in [3.05, 3.63) is 29.3 Å². The maximum Gasteiger partial charge on any atom is 0.415 e. The molecular weight excluding hydrogens is 354 g/mol. The van der Waals surface area contributed by atoms with E-state index in [9.17, 15) is 18.4 Å². The molecule has 5 nitrogen and oxygen atoms in total. The van der Waals surface area contributed by atoms with Gasteiger partial charge in [-0.3, -0.25) is 9.69 Å². The molecule has 1 aromatic carbocycles. The normalized spacial score (nSPS) is 26.0. The molecule has 0 aromatic heterocycles. The summed E-state index contributed by atoms with van der Waals surface area (Å²) in [5.41, 5.74) is 0. The van der Waals surface area contributed by atoms with E-state index in [-0.39, 0.29) is 24.1 Å². The van der Waals surface area contributed by atoms with E-state index >= 15 is 0 Å². The summed E-state index contributed by atoms with van der Waals surface area (Å²) in [6.07, 6.45) is -0.931. The number of piperidine rings is 1. The molecule has 2 atom stereocenters. The van der Waals surface area contributed by atoms with E-state index in [1.807, 2.05) is 6.92 Å². The van der Waals surface area contributed by atoms with Gasteiger partial charge in [0.1, 0.15) is 5.75 Å². The fourth-order valence-corrected chi connectivity index (χ4v) is 3.48. The van der Waals surface area contributed by atoms with Gasteiger partial charge in [0.2, 0.25) is 5.91 Å². The summed E-state index contributed by atoms with van der Waals surface area (Å²) >= 11 is 5.76. The molecule has 0 saturated carbocycles. The second-order valence-electron chi connectivity index (χ2n) is 6.77. The number of carbonyl (C=O) groups excluding carboxylic acids is 2. The smallest absolute Gasteiger partial charge is 0.410 e. The summed E-state index contributed by atoms with van der Waals surface area (Å²) in [6.45, 7) is 1.68. The van der Waals surface area contributed by atoms with Crippen LogP contribution in [0.15, 0.2) is 24.3 Å². The second-order valence-corrected chi connectivity index (χ2v) is 7.21. The molecule has 0 aliphatic carbocycles. The first-order valence-electron chi connectivity index (χ1n) is 8.13. The quantitative estimate of drug-likeness (QED) is 0.799. The van der Waals surface area contributed by atoms with Gasteiger partial charge in [-0.05, 0) is 30.2 Å². The molecule has 0 N–H and O–H groups in total. The largest absolute Gasteiger partial charge is 0.415 e. The first kappa shape index (κ1) is 17.9. The van der Waals surface area contributed by atoms with Crippen LogP contribution in [0.2, 0.25) is 5.02 Å². The number of amides is 2. The predicted molar refractivity (Wildman–Crippen MR) is 87.9 cm³/mol. The first-order chi connectivity index (χ1) is 11.7. The number of hydrogen-bond donors (Lipinski definition) is 0. The van der Waals surface area contributed by atoms with Gasteiger partial charge in [0.25, 0.3) is 5.92 Å². The Morgan fingerprint density at radius 1 is 1.28 bits per heavy atom. The van der Waals surface area contributed by atoms with Crippen LogP contribution in [0, 0.1) is 5.92 Å².